The van der Waals surface area contributed by atoms with Gasteiger partial charge in [-0.3, -0.25) is 0 Å². The highest BCUT2D eigenvalue weighted by Crippen LogP contribution is 2.34. The Bertz CT molecular complexity index is 1130. The van der Waals surface area contributed by atoms with Crippen LogP contribution in [0, 0.1) is 5.82 Å². The van der Waals surface area contributed by atoms with Crippen molar-refractivity contribution < 1.29 is 12.8 Å². The summed E-state index contributed by atoms with van der Waals surface area (Å²) in [5, 5.41) is 0. The maximum absolute atomic E-state index is 13.2. The zero-order valence-corrected chi connectivity index (χ0v) is 16.1. The number of fused-ring (bicyclic) bond motifs is 1. The van der Waals surface area contributed by atoms with Gasteiger partial charge in [-0.15, -0.1) is 4.40 Å². The molecule has 4 nitrogen and oxygen atoms in total. The van der Waals surface area contributed by atoms with Crippen molar-refractivity contribution in [3.05, 3.63) is 95.8 Å². The van der Waals surface area contributed by atoms with E-state index in [4.69, 9.17) is 0 Å². The number of nitrogens with zero attached hydrogens (tertiary/aromatic N) is 2. The molecule has 1 aliphatic rings. The van der Waals surface area contributed by atoms with Crippen molar-refractivity contribution >= 4 is 21.5 Å². The van der Waals surface area contributed by atoms with Crippen LogP contribution in [0.25, 0.3) is 0 Å². The van der Waals surface area contributed by atoms with Crippen molar-refractivity contribution in [1.29, 1.82) is 0 Å². The van der Waals surface area contributed by atoms with Crippen LogP contribution >= 0.6 is 0 Å². The van der Waals surface area contributed by atoms with E-state index in [1.807, 2.05) is 66.4 Å². The van der Waals surface area contributed by atoms with Gasteiger partial charge >= 0.3 is 0 Å². The predicted octanol–water partition coefficient (Wildman–Crippen LogP) is 4.41. The number of anilines is 1. The second kappa shape index (κ2) is 7.20. The lowest BCUT2D eigenvalue weighted by Crippen LogP contribution is -2.37. The fraction of sp³-hybridized carbons (Fsp3) is 0.136. The normalized spacial score (nSPS) is 16.9. The Morgan fingerprint density at radius 2 is 1.61 bits per heavy atom. The lowest BCUT2D eigenvalue weighted by molar-refractivity contribution is 0.596. The van der Waals surface area contributed by atoms with Crippen LogP contribution in [0.15, 0.2) is 88.2 Å². The predicted molar refractivity (Wildman–Crippen MR) is 109 cm³/mol. The van der Waals surface area contributed by atoms with Crippen LogP contribution in [0.2, 0.25) is 0 Å². The summed E-state index contributed by atoms with van der Waals surface area (Å²) < 4.78 is 43.4. The minimum Gasteiger partial charge on any atom is -0.322 e. The van der Waals surface area contributed by atoms with Crippen molar-refractivity contribution in [2.24, 2.45) is 4.40 Å². The average molecular weight is 394 g/mol. The number of hydrogen-bond donors (Lipinski definition) is 0. The third-order valence-corrected chi connectivity index (χ3v) is 6.07. The van der Waals surface area contributed by atoms with Gasteiger partial charge in [-0.2, -0.15) is 8.42 Å². The third kappa shape index (κ3) is 3.43. The summed E-state index contributed by atoms with van der Waals surface area (Å²) in [6.45, 7) is 2.04. The van der Waals surface area contributed by atoms with Crippen molar-refractivity contribution in [3.63, 3.8) is 0 Å². The SMILES string of the molecule is CC1Cc2ccccc2N1C(=NS(=O)(=O)c1ccc(F)cc1)c1ccccc1. The smallest absolute Gasteiger partial charge is 0.284 e. The first kappa shape index (κ1) is 18.4. The second-order valence-electron chi connectivity index (χ2n) is 6.76. The molecule has 1 atom stereocenters. The first-order valence-electron chi connectivity index (χ1n) is 8.99. The first-order valence-corrected chi connectivity index (χ1v) is 10.4. The molecular weight excluding hydrogens is 375 g/mol. The maximum atomic E-state index is 13.2. The molecule has 1 heterocycles. The van der Waals surface area contributed by atoms with E-state index in [9.17, 15) is 12.8 Å². The van der Waals surface area contributed by atoms with Gasteiger partial charge in [0.1, 0.15) is 5.82 Å². The molecule has 4 rings (SSSR count). The zero-order valence-electron chi connectivity index (χ0n) is 15.3. The molecule has 0 saturated carbocycles. The number of rotatable bonds is 3. The maximum Gasteiger partial charge on any atom is 0.284 e. The van der Waals surface area contributed by atoms with E-state index in [1.54, 1.807) is 0 Å². The van der Waals surface area contributed by atoms with Crippen LogP contribution in [0.1, 0.15) is 18.1 Å². The zero-order chi connectivity index (χ0) is 19.7. The Kier molecular flexibility index (Phi) is 4.73. The van der Waals surface area contributed by atoms with E-state index in [0.29, 0.717) is 11.4 Å². The second-order valence-corrected chi connectivity index (χ2v) is 8.37. The number of amidine groups is 1. The molecule has 1 aliphatic heterocycles. The van der Waals surface area contributed by atoms with Crippen LogP contribution in [0.4, 0.5) is 10.1 Å². The molecule has 142 valence electrons. The number of halogens is 1. The molecule has 0 fully saturated rings. The van der Waals surface area contributed by atoms with Gasteiger partial charge in [0, 0.05) is 17.3 Å². The van der Waals surface area contributed by atoms with Crippen molar-refractivity contribution in [3.8, 4) is 0 Å². The van der Waals surface area contributed by atoms with E-state index in [0.717, 1.165) is 29.8 Å². The van der Waals surface area contributed by atoms with Gasteiger partial charge in [-0.1, -0.05) is 48.5 Å². The highest BCUT2D eigenvalue weighted by atomic mass is 32.2. The van der Waals surface area contributed by atoms with Gasteiger partial charge in [0.25, 0.3) is 10.0 Å². The Morgan fingerprint density at radius 1 is 0.964 bits per heavy atom. The molecule has 0 saturated heterocycles. The Morgan fingerprint density at radius 3 is 2.32 bits per heavy atom. The Hall–Kier alpha value is -2.99. The van der Waals surface area contributed by atoms with Crippen molar-refractivity contribution in [2.45, 2.75) is 24.3 Å². The molecule has 0 spiro atoms. The highest BCUT2D eigenvalue weighted by molar-refractivity contribution is 7.90. The van der Waals surface area contributed by atoms with Gasteiger partial charge in [0.15, 0.2) is 5.84 Å². The minimum atomic E-state index is -4.01. The largest absolute Gasteiger partial charge is 0.322 e. The average Bonchev–Trinajstić information content (AvgIpc) is 3.03. The molecule has 0 aromatic heterocycles. The molecule has 0 amide bonds. The van der Waals surface area contributed by atoms with Gasteiger partial charge in [0.2, 0.25) is 0 Å². The molecule has 0 aliphatic carbocycles. The molecule has 3 aromatic carbocycles. The quantitative estimate of drug-likeness (QED) is 0.488. The standard InChI is InChI=1S/C22H19FN2O2S/c1-16-15-18-9-5-6-10-21(18)25(16)22(17-7-3-2-4-8-17)24-28(26,27)20-13-11-19(23)12-14-20/h2-14,16H,15H2,1H3. The van der Waals surface area contributed by atoms with E-state index >= 15 is 0 Å². The molecule has 0 bridgehead atoms. The fourth-order valence-electron chi connectivity index (χ4n) is 3.48. The number of benzene rings is 3. The topological polar surface area (TPSA) is 49.7 Å². The summed E-state index contributed by atoms with van der Waals surface area (Å²) in [4.78, 5) is 1.92. The lowest BCUT2D eigenvalue weighted by atomic mass is 10.1. The summed E-state index contributed by atoms with van der Waals surface area (Å²) in [6.07, 6.45) is 0.804. The monoisotopic (exact) mass is 394 g/mol. The third-order valence-electron chi connectivity index (χ3n) is 4.79. The Labute approximate surface area is 164 Å². The molecule has 3 aromatic rings. The summed E-state index contributed by atoms with van der Waals surface area (Å²) in [6, 6.07) is 21.9. The first-order chi connectivity index (χ1) is 13.5. The molecular formula is C22H19FN2O2S. The number of sulfonamides is 1. The van der Waals surface area contributed by atoms with E-state index in [2.05, 4.69) is 4.40 Å². The summed E-state index contributed by atoms with van der Waals surface area (Å²) in [7, 11) is -4.01. The minimum absolute atomic E-state index is 0.0394. The Balaban J connectivity index is 1.88. The van der Waals surface area contributed by atoms with E-state index in [1.165, 1.54) is 12.1 Å². The van der Waals surface area contributed by atoms with Crippen LogP contribution in [-0.2, 0) is 16.4 Å². The van der Waals surface area contributed by atoms with Crippen LogP contribution in [-0.4, -0.2) is 20.3 Å². The lowest BCUT2D eigenvalue weighted by Gasteiger charge is -2.26. The van der Waals surface area contributed by atoms with Crippen molar-refractivity contribution in [1.82, 2.24) is 0 Å². The van der Waals surface area contributed by atoms with E-state index in [-0.39, 0.29) is 10.9 Å². The molecule has 28 heavy (non-hydrogen) atoms. The molecule has 0 N–H and O–H groups in total. The van der Waals surface area contributed by atoms with Crippen LogP contribution < -0.4 is 4.90 Å². The van der Waals surface area contributed by atoms with Crippen molar-refractivity contribution in [2.75, 3.05) is 4.90 Å². The van der Waals surface area contributed by atoms with Gasteiger partial charge in [0.05, 0.1) is 4.90 Å². The van der Waals surface area contributed by atoms with Gasteiger partial charge < -0.3 is 4.90 Å². The van der Waals surface area contributed by atoms with E-state index < -0.39 is 15.8 Å². The number of para-hydroxylation sites is 1. The fourth-order valence-corrected chi connectivity index (χ4v) is 4.49. The van der Waals surface area contributed by atoms with Crippen LogP contribution in [0.3, 0.4) is 0 Å². The van der Waals surface area contributed by atoms with Gasteiger partial charge in [-0.05, 0) is 49.2 Å². The summed E-state index contributed by atoms with van der Waals surface area (Å²) in [5.74, 6) is -0.129. The van der Waals surface area contributed by atoms with Gasteiger partial charge in [-0.25, -0.2) is 4.39 Å². The van der Waals surface area contributed by atoms with Crippen LogP contribution in [0.5, 0.6) is 0 Å². The summed E-state index contributed by atoms with van der Waals surface area (Å²) in [5.41, 5.74) is 2.81. The highest BCUT2D eigenvalue weighted by Gasteiger charge is 2.31. The molecule has 0 radical (unpaired) electrons. The number of hydrogen-bond acceptors (Lipinski definition) is 2. The molecule has 6 heteroatoms. The molecule has 1 unspecified atom stereocenters. The summed E-state index contributed by atoms with van der Waals surface area (Å²) >= 11 is 0.